The molecule has 0 aromatic carbocycles. The molecule has 1 aliphatic heterocycles. The lowest BCUT2D eigenvalue weighted by molar-refractivity contribution is -0.144. The van der Waals surface area contributed by atoms with Crippen LogP contribution < -0.4 is 5.32 Å². The average Bonchev–Trinajstić information content (AvgIpc) is 2.91. The van der Waals surface area contributed by atoms with Crippen molar-refractivity contribution in [1.82, 2.24) is 10.2 Å². The van der Waals surface area contributed by atoms with Crippen molar-refractivity contribution in [3.8, 4) is 0 Å². The van der Waals surface area contributed by atoms with Crippen LogP contribution in [0, 0.1) is 5.92 Å². The van der Waals surface area contributed by atoms with E-state index in [0.717, 1.165) is 5.76 Å². The second-order valence-electron chi connectivity index (χ2n) is 5.24. The summed E-state index contributed by atoms with van der Waals surface area (Å²) in [5, 5.41) is 11.8. The molecule has 6 nitrogen and oxygen atoms in total. The molecule has 6 heteroatoms. The third-order valence-corrected chi connectivity index (χ3v) is 3.75. The Kier molecular flexibility index (Phi) is 4.79. The normalized spacial score (nSPS) is 23.4. The first-order valence-electron chi connectivity index (χ1n) is 6.82. The molecule has 2 heterocycles. The Hall–Kier alpha value is -1.82. The molecule has 2 N–H and O–H groups in total. The molecule has 2 rings (SSSR count). The van der Waals surface area contributed by atoms with Gasteiger partial charge in [0.05, 0.1) is 25.3 Å². The number of piperidine rings is 1. The lowest BCUT2D eigenvalue weighted by Crippen LogP contribution is -2.47. The smallest absolute Gasteiger partial charge is 0.306 e. The first-order chi connectivity index (χ1) is 9.56. The van der Waals surface area contributed by atoms with Gasteiger partial charge in [0.15, 0.2) is 0 Å². The molecule has 1 aromatic rings. The van der Waals surface area contributed by atoms with Gasteiger partial charge >= 0.3 is 5.97 Å². The van der Waals surface area contributed by atoms with Gasteiger partial charge in [0, 0.05) is 6.04 Å². The monoisotopic (exact) mass is 280 g/mol. The molecule has 0 saturated carbocycles. The second-order valence-corrected chi connectivity index (χ2v) is 5.24. The zero-order valence-corrected chi connectivity index (χ0v) is 11.5. The van der Waals surface area contributed by atoms with Gasteiger partial charge in [-0.25, -0.2) is 0 Å². The van der Waals surface area contributed by atoms with E-state index in [9.17, 15) is 9.59 Å². The van der Waals surface area contributed by atoms with E-state index in [-0.39, 0.29) is 17.9 Å². The van der Waals surface area contributed by atoms with Crippen LogP contribution in [0.4, 0.5) is 0 Å². The molecule has 110 valence electrons. The first-order valence-corrected chi connectivity index (χ1v) is 6.82. The number of nitrogens with zero attached hydrogens (tertiary/aromatic N) is 1. The lowest BCUT2D eigenvalue weighted by Gasteiger charge is -2.35. The minimum absolute atomic E-state index is 0.0676. The second kappa shape index (κ2) is 6.56. The van der Waals surface area contributed by atoms with Crippen molar-refractivity contribution in [1.29, 1.82) is 0 Å². The van der Waals surface area contributed by atoms with Gasteiger partial charge in [-0.3, -0.25) is 14.5 Å². The van der Waals surface area contributed by atoms with Crippen molar-refractivity contribution in [3.05, 3.63) is 24.2 Å². The van der Waals surface area contributed by atoms with Gasteiger partial charge in [0.25, 0.3) is 0 Å². The molecule has 20 heavy (non-hydrogen) atoms. The van der Waals surface area contributed by atoms with Crippen LogP contribution in [0.1, 0.15) is 25.5 Å². The molecule has 0 spiro atoms. The number of carbonyl (C=O) groups is 2. The fourth-order valence-corrected chi connectivity index (χ4v) is 2.52. The predicted molar refractivity (Wildman–Crippen MR) is 71.9 cm³/mol. The molecule has 2 unspecified atom stereocenters. The molecular weight excluding hydrogens is 260 g/mol. The van der Waals surface area contributed by atoms with Crippen molar-refractivity contribution >= 4 is 11.9 Å². The van der Waals surface area contributed by atoms with Crippen molar-refractivity contribution in [2.45, 2.75) is 32.4 Å². The van der Waals surface area contributed by atoms with Crippen molar-refractivity contribution in [2.75, 3.05) is 13.1 Å². The summed E-state index contributed by atoms with van der Waals surface area (Å²) >= 11 is 0. The highest BCUT2D eigenvalue weighted by molar-refractivity contribution is 5.78. The van der Waals surface area contributed by atoms with Gasteiger partial charge in [-0.1, -0.05) is 0 Å². The van der Waals surface area contributed by atoms with Gasteiger partial charge < -0.3 is 14.8 Å². The zero-order valence-electron chi connectivity index (χ0n) is 11.5. The van der Waals surface area contributed by atoms with Gasteiger partial charge in [-0.05, 0) is 38.4 Å². The van der Waals surface area contributed by atoms with Crippen molar-refractivity contribution < 1.29 is 19.1 Å². The molecule has 0 bridgehead atoms. The average molecular weight is 280 g/mol. The number of carboxylic acids is 1. The molecular formula is C14H20N2O4. The van der Waals surface area contributed by atoms with Crippen LogP contribution in [0.15, 0.2) is 22.8 Å². The Bertz CT molecular complexity index is 458. The highest BCUT2D eigenvalue weighted by Gasteiger charge is 2.30. The van der Waals surface area contributed by atoms with Crippen LogP contribution in [0.25, 0.3) is 0 Å². The maximum absolute atomic E-state index is 11.9. The van der Waals surface area contributed by atoms with Crippen molar-refractivity contribution in [2.24, 2.45) is 5.92 Å². The van der Waals surface area contributed by atoms with Gasteiger partial charge in [-0.2, -0.15) is 0 Å². The summed E-state index contributed by atoms with van der Waals surface area (Å²) in [6.07, 6.45) is 2.77. The maximum Gasteiger partial charge on any atom is 0.306 e. The largest absolute Gasteiger partial charge is 0.481 e. The highest BCUT2D eigenvalue weighted by Crippen LogP contribution is 2.22. The third kappa shape index (κ3) is 3.84. The van der Waals surface area contributed by atoms with E-state index in [1.165, 1.54) is 0 Å². The third-order valence-electron chi connectivity index (χ3n) is 3.75. The fraction of sp³-hybridized carbons (Fsp3) is 0.571. The van der Waals surface area contributed by atoms with E-state index in [4.69, 9.17) is 9.52 Å². The van der Waals surface area contributed by atoms with E-state index in [1.807, 2.05) is 11.8 Å². The number of nitrogens with one attached hydrogen (secondary N) is 1. The highest BCUT2D eigenvalue weighted by atomic mass is 16.4. The Morgan fingerprint density at radius 2 is 2.35 bits per heavy atom. The summed E-state index contributed by atoms with van der Waals surface area (Å²) in [4.78, 5) is 24.8. The predicted octanol–water partition coefficient (Wildman–Crippen LogP) is 1.08. The Morgan fingerprint density at radius 3 is 2.95 bits per heavy atom. The van der Waals surface area contributed by atoms with E-state index in [1.54, 1.807) is 18.4 Å². The topological polar surface area (TPSA) is 82.8 Å². The molecule has 2 atom stereocenters. The Balaban J connectivity index is 1.75. The van der Waals surface area contributed by atoms with E-state index in [0.29, 0.717) is 32.5 Å². The number of amides is 1. The summed E-state index contributed by atoms with van der Waals surface area (Å²) in [7, 11) is 0. The van der Waals surface area contributed by atoms with E-state index in [2.05, 4.69) is 5.32 Å². The standard InChI is InChI=1S/C14H20N2O4/c1-10-7-11(14(18)19)4-5-16(10)9-13(17)15-8-12-3-2-6-20-12/h2-3,6,10-11H,4-5,7-9H2,1H3,(H,15,17)(H,18,19). The molecule has 0 radical (unpaired) electrons. The van der Waals surface area contributed by atoms with Crippen LogP contribution in [-0.2, 0) is 16.1 Å². The molecule has 1 fully saturated rings. The van der Waals surface area contributed by atoms with E-state index < -0.39 is 5.97 Å². The SMILES string of the molecule is CC1CC(C(=O)O)CCN1CC(=O)NCc1ccco1. The van der Waals surface area contributed by atoms with Crippen LogP contribution in [0.2, 0.25) is 0 Å². The van der Waals surface area contributed by atoms with Crippen LogP contribution in [0.3, 0.4) is 0 Å². The number of aliphatic carboxylic acids is 1. The van der Waals surface area contributed by atoms with Gasteiger partial charge in [-0.15, -0.1) is 0 Å². The van der Waals surface area contributed by atoms with Gasteiger partial charge in [0.2, 0.25) is 5.91 Å². The van der Waals surface area contributed by atoms with Gasteiger partial charge in [0.1, 0.15) is 5.76 Å². The minimum atomic E-state index is -0.737. The van der Waals surface area contributed by atoms with E-state index >= 15 is 0 Å². The summed E-state index contributed by atoms with van der Waals surface area (Å²) in [5.74, 6) is -0.371. The summed E-state index contributed by atoms with van der Waals surface area (Å²) in [6.45, 7) is 3.29. The van der Waals surface area contributed by atoms with Crippen LogP contribution in [-0.4, -0.2) is 41.0 Å². The fourth-order valence-electron chi connectivity index (χ4n) is 2.52. The van der Waals surface area contributed by atoms with Crippen LogP contribution >= 0.6 is 0 Å². The molecule has 1 saturated heterocycles. The maximum atomic E-state index is 11.9. The Morgan fingerprint density at radius 1 is 1.55 bits per heavy atom. The number of carbonyl (C=O) groups excluding carboxylic acids is 1. The van der Waals surface area contributed by atoms with Crippen LogP contribution in [0.5, 0.6) is 0 Å². The molecule has 0 aliphatic carbocycles. The number of likely N-dealkylation sites (tertiary alicyclic amines) is 1. The molecule has 1 aromatic heterocycles. The van der Waals surface area contributed by atoms with Crippen molar-refractivity contribution in [3.63, 3.8) is 0 Å². The molecule has 1 aliphatic rings. The zero-order chi connectivity index (χ0) is 14.5. The summed E-state index contributed by atoms with van der Waals surface area (Å²) in [5.41, 5.74) is 0. The Labute approximate surface area is 117 Å². The molecule has 1 amide bonds. The first kappa shape index (κ1) is 14.6. The quantitative estimate of drug-likeness (QED) is 0.843. The number of hydrogen-bond donors (Lipinski definition) is 2. The lowest BCUT2D eigenvalue weighted by atomic mass is 9.92. The summed E-state index contributed by atoms with van der Waals surface area (Å²) < 4.78 is 5.14. The number of carboxylic acid groups (broad SMARTS) is 1. The number of hydrogen-bond acceptors (Lipinski definition) is 4. The number of rotatable bonds is 5. The number of furan rings is 1. The minimum Gasteiger partial charge on any atom is -0.481 e. The summed E-state index contributed by atoms with van der Waals surface area (Å²) in [6, 6.07) is 3.70.